The Hall–Kier alpha value is -1.38. The van der Waals surface area contributed by atoms with Gasteiger partial charge < -0.3 is 0 Å². The Morgan fingerprint density at radius 1 is 1.14 bits per heavy atom. The molecule has 0 atom stereocenters. The van der Waals surface area contributed by atoms with Crippen molar-refractivity contribution in [1.82, 2.24) is 9.78 Å². The number of rotatable bonds is 4. The zero-order valence-corrected chi connectivity index (χ0v) is 12.9. The van der Waals surface area contributed by atoms with E-state index >= 15 is 0 Å². The van der Waals surface area contributed by atoms with E-state index in [1.54, 1.807) is 0 Å². The van der Waals surface area contributed by atoms with Gasteiger partial charge in [0.25, 0.3) is 0 Å². The molecule has 1 saturated carbocycles. The molecule has 0 spiro atoms. The van der Waals surface area contributed by atoms with E-state index in [-0.39, 0.29) is 5.78 Å². The largest absolute Gasteiger partial charge is 0.294 e. The van der Waals surface area contributed by atoms with Crippen molar-refractivity contribution in [3.8, 4) is 0 Å². The Morgan fingerprint density at radius 3 is 2.81 bits per heavy atom. The van der Waals surface area contributed by atoms with Crippen LogP contribution in [0.15, 0.2) is 23.9 Å². The lowest BCUT2D eigenvalue weighted by atomic mass is 9.96. The first kappa shape index (κ1) is 14.6. The molecule has 3 heteroatoms. The topological polar surface area (TPSA) is 34.9 Å². The number of carbonyl (C=O) groups is 1. The van der Waals surface area contributed by atoms with Crippen LogP contribution in [0.3, 0.4) is 0 Å². The first-order valence-corrected chi connectivity index (χ1v) is 8.59. The summed E-state index contributed by atoms with van der Waals surface area (Å²) in [5.41, 5.74) is 1.98. The van der Waals surface area contributed by atoms with E-state index in [4.69, 9.17) is 0 Å². The van der Waals surface area contributed by atoms with Gasteiger partial charge in [-0.15, -0.1) is 0 Å². The summed E-state index contributed by atoms with van der Waals surface area (Å²) in [6, 6.07) is 2.59. The minimum atomic E-state index is 0.283. The van der Waals surface area contributed by atoms with E-state index in [1.165, 1.54) is 44.9 Å². The molecule has 2 aliphatic rings. The van der Waals surface area contributed by atoms with Crippen LogP contribution in [0.5, 0.6) is 0 Å². The molecule has 0 aliphatic heterocycles. The monoisotopic (exact) mass is 286 g/mol. The molecule has 3 nitrogen and oxygen atoms in total. The fourth-order valence-corrected chi connectivity index (χ4v) is 3.57. The highest BCUT2D eigenvalue weighted by molar-refractivity contribution is 5.96. The van der Waals surface area contributed by atoms with Gasteiger partial charge in [0.1, 0.15) is 0 Å². The van der Waals surface area contributed by atoms with Gasteiger partial charge in [0, 0.05) is 6.20 Å². The molecular formula is C18H26N2O. The van der Waals surface area contributed by atoms with Crippen LogP contribution in [-0.2, 0) is 11.2 Å². The summed E-state index contributed by atoms with van der Waals surface area (Å²) in [6.45, 7) is 0. The van der Waals surface area contributed by atoms with E-state index in [1.807, 2.05) is 6.07 Å². The molecule has 0 aromatic carbocycles. The number of carbonyl (C=O) groups excluding carboxylic acids is 1. The molecule has 0 amide bonds. The summed E-state index contributed by atoms with van der Waals surface area (Å²) in [4.78, 5) is 12.4. The zero-order valence-electron chi connectivity index (χ0n) is 12.9. The Kier molecular flexibility index (Phi) is 4.89. The predicted octanol–water partition coefficient (Wildman–Crippen LogP) is 4.39. The summed E-state index contributed by atoms with van der Waals surface area (Å²) in [7, 11) is 0. The molecule has 1 aromatic heterocycles. The minimum Gasteiger partial charge on any atom is -0.294 e. The second-order valence-corrected chi connectivity index (χ2v) is 6.51. The normalized spacial score (nSPS) is 20.9. The number of aromatic nitrogens is 2. The highest BCUT2D eigenvalue weighted by atomic mass is 16.1. The van der Waals surface area contributed by atoms with Crippen LogP contribution >= 0.6 is 0 Å². The van der Waals surface area contributed by atoms with Gasteiger partial charge >= 0.3 is 0 Å². The molecule has 0 saturated heterocycles. The second-order valence-electron chi connectivity index (χ2n) is 6.51. The fourth-order valence-electron chi connectivity index (χ4n) is 3.57. The first-order valence-electron chi connectivity index (χ1n) is 8.59. The highest BCUT2D eigenvalue weighted by Gasteiger charge is 2.18. The molecule has 1 aromatic rings. The van der Waals surface area contributed by atoms with Crippen molar-refractivity contribution in [2.45, 2.75) is 76.7 Å². The van der Waals surface area contributed by atoms with E-state index in [9.17, 15) is 4.79 Å². The average molecular weight is 286 g/mol. The molecule has 0 N–H and O–H groups in total. The third-order valence-corrected chi connectivity index (χ3v) is 4.85. The number of Topliss-reactive ketones (excluding diaryl/α,β-unsaturated/α-hetero) is 1. The Morgan fingerprint density at radius 2 is 1.95 bits per heavy atom. The van der Waals surface area contributed by atoms with Gasteiger partial charge in [0.2, 0.25) is 0 Å². The molecule has 3 rings (SSSR count). The summed E-state index contributed by atoms with van der Waals surface area (Å²) in [5.74, 6) is 0.283. The predicted molar refractivity (Wildman–Crippen MR) is 84.2 cm³/mol. The fraction of sp³-hybridized carbons (Fsp3) is 0.667. The SMILES string of the molecule is O=C(Cc1ccn(C2CCCCC2)n1)C1=CCCCCC1. The molecule has 1 fully saturated rings. The average Bonchev–Trinajstić information content (AvgIpc) is 2.81. The van der Waals surface area contributed by atoms with Crippen molar-refractivity contribution < 1.29 is 4.79 Å². The van der Waals surface area contributed by atoms with Crippen molar-refractivity contribution in [1.29, 1.82) is 0 Å². The van der Waals surface area contributed by atoms with Gasteiger partial charge in [-0.05, 0) is 50.2 Å². The number of hydrogen-bond donors (Lipinski definition) is 0. The summed E-state index contributed by atoms with van der Waals surface area (Å²) >= 11 is 0. The maximum Gasteiger partial charge on any atom is 0.164 e. The molecule has 2 aliphatic carbocycles. The van der Waals surface area contributed by atoms with Crippen molar-refractivity contribution in [3.05, 3.63) is 29.6 Å². The van der Waals surface area contributed by atoms with Crippen LogP contribution in [0.1, 0.15) is 75.9 Å². The molecule has 0 radical (unpaired) electrons. The van der Waals surface area contributed by atoms with Crippen LogP contribution in [0, 0.1) is 0 Å². The van der Waals surface area contributed by atoms with Crippen molar-refractivity contribution in [2.75, 3.05) is 0 Å². The lowest BCUT2D eigenvalue weighted by molar-refractivity contribution is -0.115. The van der Waals surface area contributed by atoms with Crippen LogP contribution in [0.25, 0.3) is 0 Å². The molecule has 21 heavy (non-hydrogen) atoms. The van der Waals surface area contributed by atoms with Gasteiger partial charge in [-0.1, -0.05) is 31.8 Å². The van der Waals surface area contributed by atoms with Crippen LogP contribution < -0.4 is 0 Å². The van der Waals surface area contributed by atoms with Crippen LogP contribution in [-0.4, -0.2) is 15.6 Å². The van der Waals surface area contributed by atoms with E-state index in [0.29, 0.717) is 12.5 Å². The minimum absolute atomic E-state index is 0.283. The van der Waals surface area contributed by atoms with Crippen LogP contribution in [0.4, 0.5) is 0 Å². The summed E-state index contributed by atoms with van der Waals surface area (Å²) in [6.07, 6.45) is 16.8. The molecule has 0 bridgehead atoms. The van der Waals surface area contributed by atoms with Gasteiger partial charge in [-0.3, -0.25) is 9.48 Å². The molecule has 0 unspecified atom stereocenters. The standard InChI is InChI=1S/C18H26N2O/c21-18(15-8-4-1-2-5-9-15)14-16-12-13-20(19-16)17-10-6-3-7-11-17/h8,12-13,17H,1-7,9-11,14H2. The number of ketones is 1. The smallest absolute Gasteiger partial charge is 0.164 e. The maximum atomic E-state index is 12.4. The third kappa shape index (κ3) is 3.84. The van der Waals surface area contributed by atoms with Gasteiger partial charge in [-0.25, -0.2) is 0 Å². The van der Waals surface area contributed by atoms with Gasteiger partial charge in [0.05, 0.1) is 18.2 Å². The van der Waals surface area contributed by atoms with Crippen LogP contribution in [0.2, 0.25) is 0 Å². The number of nitrogens with zero attached hydrogens (tertiary/aromatic N) is 2. The molecular weight excluding hydrogens is 260 g/mol. The van der Waals surface area contributed by atoms with E-state index in [0.717, 1.165) is 30.5 Å². The van der Waals surface area contributed by atoms with Crippen molar-refractivity contribution >= 4 is 5.78 Å². The number of allylic oxidation sites excluding steroid dienone is 2. The van der Waals surface area contributed by atoms with Crippen molar-refractivity contribution in [2.24, 2.45) is 0 Å². The van der Waals surface area contributed by atoms with E-state index < -0.39 is 0 Å². The van der Waals surface area contributed by atoms with Gasteiger partial charge in [-0.2, -0.15) is 5.10 Å². The number of hydrogen-bond acceptors (Lipinski definition) is 2. The molecule has 1 heterocycles. The molecule has 114 valence electrons. The van der Waals surface area contributed by atoms with E-state index in [2.05, 4.69) is 22.1 Å². The first-order chi connectivity index (χ1) is 10.3. The lowest BCUT2D eigenvalue weighted by Crippen LogP contribution is -2.14. The summed E-state index contributed by atoms with van der Waals surface area (Å²) in [5, 5.41) is 4.66. The Labute approximate surface area is 127 Å². The maximum absolute atomic E-state index is 12.4. The van der Waals surface area contributed by atoms with Crippen molar-refractivity contribution in [3.63, 3.8) is 0 Å². The Balaban J connectivity index is 1.61. The summed E-state index contributed by atoms with van der Waals surface area (Å²) < 4.78 is 2.10. The third-order valence-electron chi connectivity index (χ3n) is 4.85. The van der Waals surface area contributed by atoms with Gasteiger partial charge in [0.15, 0.2) is 5.78 Å². The highest BCUT2D eigenvalue weighted by Crippen LogP contribution is 2.27. The Bertz CT molecular complexity index is 509. The zero-order chi connectivity index (χ0) is 14.5. The quantitative estimate of drug-likeness (QED) is 0.822. The second kappa shape index (κ2) is 7.06. The lowest BCUT2D eigenvalue weighted by Gasteiger charge is -2.21.